The summed E-state index contributed by atoms with van der Waals surface area (Å²) in [6.07, 6.45) is 71.4. The van der Waals surface area contributed by atoms with E-state index in [0.717, 1.165) is 70.6 Å². The number of carbonyl (C=O) groups is 3. The van der Waals surface area contributed by atoms with Crippen LogP contribution in [0.2, 0.25) is 0 Å². The fourth-order valence-electron chi connectivity index (χ4n) is 8.46. The van der Waals surface area contributed by atoms with Crippen molar-refractivity contribution >= 4 is 17.9 Å². The lowest BCUT2D eigenvalue weighted by Crippen LogP contribution is -2.30. The largest absolute Gasteiger partial charge is 0.462 e. The van der Waals surface area contributed by atoms with E-state index in [2.05, 4.69) is 69.4 Å². The fourth-order valence-corrected chi connectivity index (χ4v) is 8.46. The summed E-state index contributed by atoms with van der Waals surface area (Å²) >= 11 is 0. The Hall–Kier alpha value is -2.89. The van der Waals surface area contributed by atoms with Crippen molar-refractivity contribution in [3.05, 3.63) is 60.8 Å². The van der Waals surface area contributed by atoms with E-state index in [-0.39, 0.29) is 31.6 Å². The maximum Gasteiger partial charge on any atom is 0.310 e. The zero-order chi connectivity index (χ0) is 49.3. The maximum absolute atomic E-state index is 12.7. The summed E-state index contributed by atoms with van der Waals surface area (Å²) in [5, 5.41) is 0. The van der Waals surface area contributed by atoms with Gasteiger partial charge in [0.05, 0.1) is 6.42 Å². The van der Waals surface area contributed by atoms with Crippen LogP contribution in [-0.2, 0) is 28.6 Å². The quantitative estimate of drug-likeness (QED) is 0.0262. The van der Waals surface area contributed by atoms with E-state index < -0.39 is 12.1 Å². The van der Waals surface area contributed by atoms with Gasteiger partial charge in [0.1, 0.15) is 13.2 Å². The standard InChI is InChI=1S/C62H110O6/c1-4-7-10-13-16-19-21-23-25-26-27-28-29-30-31-32-33-34-35-36-38-39-41-43-46-49-52-55-61(64)67-58-59(57-66-60(63)54-51-48-45-18-15-12-9-6-3)68-62(65)56-53-50-47-44-42-40-37-24-22-20-17-14-11-8-5-2/h8,11,17,20,24,37,42,44,50,53,59H,4-7,9-10,12-16,18-19,21-23,25-36,38-41,43,45-49,51-52,54-58H2,1-3H3/b11-8-,20-17-,37-24-,44-42-,53-50-. The number of ether oxygens (including phenoxy) is 3. The molecule has 0 saturated carbocycles. The SMILES string of the molecule is CC/C=C\C/C=C\C/C=C\C/C=C\C/C=C\CC(=O)OC(COC(=O)CCCCCCCCCC)COC(=O)CCCCCCCCCCCCCCCCCCCCCCCCCCCCC. The molecule has 1 atom stereocenters. The molecule has 0 aliphatic carbocycles. The number of hydrogen-bond acceptors (Lipinski definition) is 6. The van der Waals surface area contributed by atoms with Crippen LogP contribution >= 0.6 is 0 Å². The molecule has 394 valence electrons. The topological polar surface area (TPSA) is 78.9 Å². The van der Waals surface area contributed by atoms with Gasteiger partial charge in [0, 0.05) is 12.8 Å². The molecule has 0 bridgehead atoms. The lowest BCUT2D eigenvalue weighted by Gasteiger charge is -2.18. The summed E-state index contributed by atoms with van der Waals surface area (Å²) in [7, 11) is 0. The van der Waals surface area contributed by atoms with E-state index in [0.29, 0.717) is 12.8 Å². The molecule has 0 rings (SSSR count). The zero-order valence-corrected chi connectivity index (χ0v) is 45.1. The molecule has 0 aliphatic rings. The van der Waals surface area contributed by atoms with Gasteiger partial charge in [0.15, 0.2) is 6.10 Å². The van der Waals surface area contributed by atoms with Gasteiger partial charge in [-0.25, -0.2) is 0 Å². The van der Waals surface area contributed by atoms with Gasteiger partial charge < -0.3 is 14.2 Å². The van der Waals surface area contributed by atoms with E-state index >= 15 is 0 Å². The van der Waals surface area contributed by atoms with Crippen LogP contribution in [0.5, 0.6) is 0 Å². The molecular weight excluding hydrogens is 841 g/mol. The molecule has 0 aromatic heterocycles. The number of hydrogen-bond donors (Lipinski definition) is 0. The van der Waals surface area contributed by atoms with Gasteiger partial charge in [-0.2, -0.15) is 0 Å². The van der Waals surface area contributed by atoms with Crippen molar-refractivity contribution in [1.82, 2.24) is 0 Å². The molecule has 0 amide bonds. The normalized spacial score (nSPS) is 12.5. The smallest absolute Gasteiger partial charge is 0.310 e. The fraction of sp³-hybridized carbons (Fsp3) is 0.790. The average Bonchev–Trinajstić information content (AvgIpc) is 3.34. The van der Waals surface area contributed by atoms with Gasteiger partial charge in [-0.3, -0.25) is 14.4 Å². The summed E-state index contributed by atoms with van der Waals surface area (Å²) in [6, 6.07) is 0. The molecule has 68 heavy (non-hydrogen) atoms. The molecule has 0 aliphatic heterocycles. The minimum absolute atomic E-state index is 0.101. The Kier molecular flexibility index (Phi) is 54.3. The van der Waals surface area contributed by atoms with E-state index in [1.807, 2.05) is 6.08 Å². The van der Waals surface area contributed by atoms with Gasteiger partial charge >= 0.3 is 17.9 Å². The van der Waals surface area contributed by atoms with Crippen LogP contribution in [0.1, 0.15) is 297 Å². The summed E-state index contributed by atoms with van der Waals surface area (Å²) in [5.41, 5.74) is 0. The second-order valence-corrected chi connectivity index (χ2v) is 19.6. The summed E-state index contributed by atoms with van der Waals surface area (Å²) in [4.78, 5) is 37.9. The molecule has 0 saturated heterocycles. The first-order valence-corrected chi connectivity index (χ1v) is 29.3. The lowest BCUT2D eigenvalue weighted by atomic mass is 10.0. The molecular formula is C62H110O6. The highest BCUT2D eigenvalue weighted by Gasteiger charge is 2.19. The minimum Gasteiger partial charge on any atom is -0.462 e. The monoisotopic (exact) mass is 951 g/mol. The van der Waals surface area contributed by atoms with Crippen molar-refractivity contribution in [3.8, 4) is 0 Å². The molecule has 0 radical (unpaired) electrons. The van der Waals surface area contributed by atoms with Gasteiger partial charge in [0.2, 0.25) is 0 Å². The van der Waals surface area contributed by atoms with Gasteiger partial charge in [-0.1, -0.05) is 293 Å². The van der Waals surface area contributed by atoms with Crippen LogP contribution in [0.25, 0.3) is 0 Å². The molecule has 0 aromatic rings. The molecule has 6 nitrogen and oxygen atoms in total. The van der Waals surface area contributed by atoms with Crippen molar-refractivity contribution in [3.63, 3.8) is 0 Å². The van der Waals surface area contributed by atoms with Crippen molar-refractivity contribution in [2.24, 2.45) is 0 Å². The first-order chi connectivity index (χ1) is 33.5. The van der Waals surface area contributed by atoms with Crippen LogP contribution in [0.4, 0.5) is 0 Å². The Bertz CT molecular complexity index is 1230. The number of rotatable bonds is 53. The first-order valence-electron chi connectivity index (χ1n) is 29.3. The Labute approximate surface area is 421 Å². The number of esters is 3. The van der Waals surface area contributed by atoms with Crippen LogP contribution in [0.15, 0.2) is 60.8 Å². The van der Waals surface area contributed by atoms with Crippen LogP contribution in [-0.4, -0.2) is 37.2 Å². The van der Waals surface area contributed by atoms with E-state index in [4.69, 9.17) is 14.2 Å². The second kappa shape index (κ2) is 56.7. The molecule has 0 N–H and O–H groups in total. The predicted octanol–water partition coefficient (Wildman–Crippen LogP) is 19.6. The number of carbonyl (C=O) groups excluding carboxylic acids is 3. The number of unbranched alkanes of at least 4 members (excludes halogenated alkanes) is 33. The highest BCUT2D eigenvalue weighted by atomic mass is 16.6. The summed E-state index contributed by atoms with van der Waals surface area (Å²) < 4.78 is 16.7. The van der Waals surface area contributed by atoms with Crippen molar-refractivity contribution in [1.29, 1.82) is 0 Å². The zero-order valence-electron chi connectivity index (χ0n) is 45.1. The van der Waals surface area contributed by atoms with Gasteiger partial charge in [0.25, 0.3) is 0 Å². The Morgan fingerprint density at radius 1 is 0.309 bits per heavy atom. The Morgan fingerprint density at radius 2 is 0.559 bits per heavy atom. The van der Waals surface area contributed by atoms with Crippen LogP contribution in [0, 0.1) is 0 Å². The summed E-state index contributed by atoms with van der Waals surface area (Å²) in [6.45, 7) is 6.44. The lowest BCUT2D eigenvalue weighted by molar-refractivity contribution is -0.166. The molecule has 0 fully saturated rings. The Morgan fingerprint density at radius 3 is 0.838 bits per heavy atom. The van der Waals surface area contributed by atoms with Crippen LogP contribution in [0.3, 0.4) is 0 Å². The molecule has 0 heterocycles. The second-order valence-electron chi connectivity index (χ2n) is 19.6. The van der Waals surface area contributed by atoms with Crippen molar-refractivity contribution < 1.29 is 28.6 Å². The van der Waals surface area contributed by atoms with Crippen molar-refractivity contribution in [2.45, 2.75) is 303 Å². The third-order valence-electron chi connectivity index (χ3n) is 12.8. The first kappa shape index (κ1) is 65.1. The van der Waals surface area contributed by atoms with E-state index in [1.165, 1.54) is 186 Å². The van der Waals surface area contributed by atoms with E-state index in [9.17, 15) is 14.4 Å². The summed E-state index contributed by atoms with van der Waals surface area (Å²) in [5.74, 6) is -1.03. The van der Waals surface area contributed by atoms with Crippen molar-refractivity contribution in [2.75, 3.05) is 13.2 Å². The highest BCUT2D eigenvalue weighted by Crippen LogP contribution is 2.17. The third-order valence-corrected chi connectivity index (χ3v) is 12.8. The minimum atomic E-state index is -0.824. The maximum atomic E-state index is 12.7. The predicted molar refractivity (Wildman–Crippen MR) is 293 cm³/mol. The van der Waals surface area contributed by atoms with Crippen LogP contribution < -0.4 is 0 Å². The highest BCUT2D eigenvalue weighted by molar-refractivity contribution is 5.72. The van der Waals surface area contributed by atoms with Gasteiger partial charge in [-0.05, 0) is 44.9 Å². The average molecular weight is 952 g/mol. The van der Waals surface area contributed by atoms with Gasteiger partial charge in [-0.15, -0.1) is 0 Å². The molecule has 1 unspecified atom stereocenters. The number of allylic oxidation sites excluding steroid dienone is 9. The third kappa shape index (κ3) is 54.1. The molecule has 0 spiro atoms. The van der Waals surface area contributed by atoms with E-state index in [1.54, 1.807) is 6.08 Å². The Balaban J connectivity index is 4.16. The molecule has 6 heteroatoms. The molecule has 0 aromatic carbocycles.